The van der Waals surface area contributed by atoms with E-state index in [0.29, 0.717) is 5.56 Å². The van der Waals surface area contributed by atoms with Crippen molar-refractivity contribution in [3.05, 3.63) is 35.4 Å². The molecule has 0 radical (unpaired) electrons. The van der Waals surface area contributed by atoms with Crippen LogP contribution in [0.25, 0.3) is 0 Å². The number of hydrogen-bond donors (Lipinski definition) is 2. The van der Waals surface area contributed by atoms with Crippen molar-refractivity contribution in [3.63, 3.8) is 0 Å². The van der Waals surface area contributed by atoms with Crippen molar-refractivity contribution < 1.29 is 26.7 Å². The lowest BCUT2D eigenvalue weighted by atomic mass is 10.1. The summed E-state index contributed by atoms with van der Waals surface area (Å²) in [5.41, 5.74) is 0.567. The Labute approximate surface area is 117 Å². The lowest BCUT2D eigenvalue weighted by molar-refractivity contribution is 0.0695. The average Bonchev–Trinajstić information content (AvgIpc) is 2.25. The Kier molecular flexibility index (Phi) is 5.26. The fourth-order valence-corrected chi connectivity index (χ4v) is 4.61. The maximum Gasteiger partial charge on any atom is 0.335 e. The quantitative estimate of drug-likeness (QED) is 0.721. The summed E-state index contributed by atoms with van der Waals surface area (Å²) in [5.74, 6) is -1.10. The van der Waals surface area contributed by atoms with Crippen molar-refractivity contribution in [2.45, 2.75) is 6.42 Å². The van der Waals surface area contributed by atoms with Crippen LogP contribution in [0.1, 0.15) is 15.9 Å². The molecule has 1 aromatic rings. The molecule has 0 aliphatic carbocycles. The molecule has 0 aliphatic rings. The average molecular weight is 321 g/mol. The summed E-state index contributed by atoms with van der Waals surface area (Å²) < 4.78 is 46.9. The molecule has 0 unspecified atom stereocenters. The van der Waals surface area contributed by atoms with Crippen molar-refractivity contribution in [2.75, 3.05) is 17.9 Å². The fourth-order valence-electron chi connectivity index (χ4n) is 1.61. The van der Waals surface area contributed by atoms with E-state index >= 15 is 0 Å². The minimum atomic E-state index is -3.93. The zero-order chi connectivity index (χ0) is 15.4. The van der Waals surface area contributed by atoms with Crippen LogP contribution < -0.4 is 4.72 Å². The van der Waals surface area contributed by atoms with Gasteiger partial charge in [0.25, 0.3) is 0 Å². The highest BCUT2D eigenvalue weighted by atomic mass is 32.3. The Morgan fingerprint density at radius 3 is 2.35 bits per heavy atom. The molecule has 0 heterocycles. The molecule has 1 rings (SSSR count). The summed E-state index contributed by atoms with van der Waals surface area (Å²) in [6.07, 6.45) is 0.984. The van der Waals surface area contributed by atoms with Gasteiger partial charge in [-0.3, -0.25) is 0 Å². The summed E-state index contributed by atoms with van der Waals surface area (Å²) in [4.78, 5) is 11.0. The van der Waals surface area contributed by atoms with Gasteiger partial charge in [0.2, 0.25) is 10.0 Å². The van der Waals surface area contributed by atoms with Crippen LogP contribution in [0.15, 0.2) is 24.3 Å². The Morgan fingerprint density at radius 1 is 1.20 bits per heavy atom. The number of benzene rings is 1. The smallest absolute Gasteiger partial charge is 0.335 e. The van der Waals surface area contributed by atoms with Gasteiger partial charge in [0.1, 0.15) is 0 Å². The van der Waals surface area contributed by atoms with Crippen LogP contribution in [-0.4, -0.2) is 45.8 Å². The van der Waals surface area contributed by atoms with Crippen LogP contribution in [0, 0.1) is 0 Å². The first-order valence-corrected chi connectivity index (χ1v) is 9.28. The maximum atomic E-state index is 11.4. The minimum absolute atomic E-state index is 0.0673. The molecule has 9 heteroatoms. The SMILES string of the molecule is CS(=O)(=O)CS(=O)(=O)NCCc1ccccc1C(=O)O. The molecular weight excluding hydrogens is 306 g/mol. The van der Waals surface area contributed by atoms with Gasteiger partial charge in [-0.05, 0) is 18.1 Å². The van der Waals surface area contributed by atoms with Gasteiger partial charge in [-0.1, -0.05) is 18.2 Å². The molecule has 2 N–H and O–H groups in total. The molecule has 0 saturated heterocycles. The maximum absolute atomic E-state index is 11.4. The van der Waals surface area contributed by atoms with Gasteiger partial charge in [-0.2, -0.15) is 0 Å². The van der Waals surface area contributed by atoms with Gasteiger partial charge < -0.3 is 5.11 Å². The third-order valence-electron chi connectivity index (χ3n) is 2.33. The predicted octanol–water partition coefficient (Wildman–Crippen LogP) is -0.151. The summed E-state index contributed by atoms with van der Waals surface area (Å²) in [6.45, 7) is -0.0673. The lowest BCUT2D eigenvalue weighted by Crippen LogP contribution is -2.31. The first-order chi connectivity index (χ1) is 9.11. The monoisotopic (exact) mass is 321 g/mol. The van der Waals surface area contributed by atoms with Crippen molar-refractivity contribution in [1.82, 2.24) is 4.72 Å². The minimum Gasteiger partial charge on any atom is -0.478 e. The normalized spacial score (nSPS) is 12.2. The summed E-state index contributed by atoms with van der Waals surface area (Å²) in [5, 5.41) is 7.97. The van der Waals surface area contributed by atoms with Crippen LogP contribution in [0.3, 0.4) is 0 Å². The third kappa shape index (κ3) is 5.68. The van der Waals surface area contributed by atoms with Crippen LogP contribution in [-0.2, 0) is 26.3 Å². The van der Waals surface area contributed by atoms with Crippen LogP contribution in [0.4, 0.5) is 0 Å². The first kappa shape index (κ1) is 16.6. The number of rotatable bonds is 7. The van der Waals surface area contributed by atoms with Crippen molar-refractivity contribution in [3.8, 4) is 0 Å². The molecule has 112 valence electrons. The topological polar surface area (TPSA) is 118 Å². The predicted molar refractivity (Wildman–Crippen MR) is 73.7 cm³/mol. The number of nitrogens with one attached hydrogen (secondary N) is 1. The summed E-state index contributed by atoms with van der Waals surface area (Å²) in [7, 11) is -7.57. The molecule has 0 spiro atoms. The molecular formula is C11H15NO6S2. The lowest BCUT2D eigenvalue weighted by Gasteiger charge is -2.07. The molecule has 1 aromatic carbocycles. The number of carboxylic acid groups (broad SMARTS) is 1. The third-order valence-corrected chi connectivity index (χ3v) is 5.93. The fraction of sp³-hybridized carbons (Fsp3) is 0.364. The molecule has 0 aliphatic heterocycles. The largest absolute Gasteiger partial charge is 0.478 e. The Hall–Kier alpha value is -1.45. The van der Waals surface area contributed by atoms with Gasteiger partial charge in [0.05, 0.1) is 5.56 Å². The van der Waals surface area contributed by atoms with E-state index in [1.54, 1.807) is 18.2 Å². The second kappa shape index (κ2) is 6.33. The zero-order valence-corrected chi connectivity index (χ0v) is 12.4. The van der Waals surface area contributed by atoms with Gasteiger partial charge >= 0.3 is 5.97 Å². The molecule has 20 heavy (non-hydrogen) atoms. The standard InChI is InChI=1S/C11H15NO6S2/c1-19(15,16)8-20(17,18)12-7-6-9-4-2-3-5-10(9)11(13)14/h2-5,12H,6-8H2,1H3,(H,13,14). The second-order valence-corrected chi connectivity index (χ2v) is 8.58. The van der Waals surface area contributed by atoms with E-state index in [1.165, 1.54) is 6.07 Å². The van der Waals surface area contributed by atoms with E-state index in [4.69, 9.17) is 5.11 Å². The number of carbonyl (C=O) groups is 1. The van der Waals surface area contributed by atoms with Crippen LogP contribution in [0.5, 0.6) is 0 Å². The Bertz CT molecular complexity index is 693. The Morgan fingerprint density at radius 2 is 1.80 bits per heavy atom. The molecule has 0 bridgehead atoms. The zero-order valence-electron chi connectivity index (χ0n) is 10.7. The molecule has 0 atom stereocenters. The Balaban J connectivity index is 2.68. The van der Waals surface area contributed by atoms with E-state index < -0.39 is 30.9 Å². The number of hydrogen-bond acceptors (Lipinski definition) is 5. The van der Waals surface area contributed by atoms with E-state index in [9.17, 15) is 21.6 Å². The van der Waals surface area contributed by atoms with Gasteiger partial charge in [0, 0.05) is 12.8 Å². The number of sulfone groups is 1. The van der Waals surface area contributed by atoms with Gasteiger partial charge in [-0.25, -0.2) is 26.4 Å². The summed E-state index contributed by atoms with van der Waals surface area (Å²) >= 11 is 0. The van der Waals surface area contributed by atoms with Gasteiger partial charge in [-0.15, -0.1) is 0 Å². The molecule has 0 saturated carbocycles. The van der Waals surface area contributed by atoms with Crippen LogP contribution in [0.2, 0.25) is 0 Å². The number of carboxylic acids is 1. The first-order valence-electron chi connectivity index (χ1n) is 5.57. The molecule has 0 aromatic heterocycles. The highest BCUT2D eigenvalue weighted by Crippen LogP contribution is 2.09. The molecule has 7 nitrogen and oxygen atoms in total. The number of aromatic carboxylic acids is 1. The number of sulfonamides is 1. The summed E-state index contributed by atoms with van der Waals surface area (Å²) in [6, 6.07) is 6.21. The van der Waals surface area contributed by atoms with Crippen molar-refractivity contribution in [2.24, 2.45) is 0 Å². The van der Waals surface area contributed by atoms with E-state index in [1.807, 2.05) is 0 Å². The second-order valence-electron chi connectivity index (χ2n) is 4.26. The molecule has 0 amide bonds. The highest BCUT2D eigenvalue weighted by molar-refractivity contribution is 8.06. The van der Waals surface area contributed by atoms with Crippen molar-refractivity contribution in [1.29, 1.82) is 0 Å². The molecule has 0 fully saturated rings. The van der Waals surface area contributed by atoms with E-state index in [0.717, 1.165) is 6.26 Å². The van der Waals surface area contributed by atoms with E-state index in [2.05, 4.69) is 4.72 Å². The van der Waals surface area contributed by atoms with Crippen LogP contribution >= 0.6 is 0 Å². The van der Waals surface area contributed by atoms with E-state index in [-0.39, 0.29) is 18.5 Å². The highest BCUT2D eigenvalue weighted by Gasteiger charge is 2.17. The van der Waals surface area contributed by atoms with Crippen molar-refractivity contribution >= 4 is 25.8 Å². The van der Waals surface area contributed by atoms with Gasteiger partial charge in [0.15, 0.2) is 14.9 Å².